The second kappa shape index (κ2) is 6.06. The quantitative estimate of drug-likeness (QED) is 0.902. The molecule has 1 fully saturated rings. The Balaban J connectivity index is 2.36. The maximum absolute atomic E-state index is 12.7. The second-order valence-electron chi connectivity index (χ2n) is 4.88. The van der Waals surface area contributed by atoms with E-state index in [0.717, 1.165) is 48.6 Å². The van der Waals surface area contributed by atoms with E-state index in [1.165, 1.54) is 0 Å². The highest BCUT2D eigenvalue weighted by Gasteiger charge is 2.24. The van der Waals surface area contributed by atoms with Gasteiger partial charge < -0.3 is 15.0 Å². The highest BCUT2D eigenvalue weighted by atomic mass is 16.5. The summed E-state index contributed by atoms with van der Waals surface area (Å²) in [5.74, 6) is 0.831. The third-order valence-corrected chi connectivity index (χ3v) is 3.47. The molecule has 1 amide bonds. The van der Waals surface area contributed by atoms with Crippen molar-refractivity contribution in [2.45, 2.75) is 20.8 Å². The molecule has 0 atom stereocenters. The number of carbonyl (C=O) groups excluding carboxylic acids is 1. The Morgan fingerprint density at radius 1 is 1.26 bits per heavy atom. The number of hydrogen-bond acceptors (Lipinski definition) is 3. The number of aryl methyl sites for hydroxylation is 2. The molecule has 0 unspecified atom stereocenters. The van der Waals surface area contributed by atoms with Crippen molar-refractivity contribution in [2.24, 2.45) is 0 Å². The normalized spacial score (nSPS) is 15.4. The maximum Gasteiger partial charge on any atom is 0.257 e. The molecule has 1 saturated heterocycles. The molecule has 4 heteroatoms. The third-order valence-electron chi connectivity index (χ3n) is 3.47. The van der Waals surface area contributed by atoms with Crippen molar-refractivity contribution in [1.82, 2.24) is 10.2 Å². The lowest BCUT2D eigenvalue weighted by atomic mass is 10.0. The Kier molecular flexibility index (Phi) is 4.43. The van der Waals surface area contributed by atoms with Crippen LogP contribution in [0.5, 0.6) is 5.75 Å². The minimum atomic E-state index is 0.0890. The first-order valence-electron chi connectivity index (χ1n) is 6.88. The molecule has 1 aromatic carbocycles. The van der Waals surface area contributed by atoms with Gasteiger partial charge >= 0.3 is 0 Å². The van der Waals surface area contributed by atoms with E-state index in [0.29, 0.717) is 6.61 Å². The monoisotopic (exact) mass is 262 g/mol. The molecule has 4 nitrogen and oxygen atoms in total. The minimum absolute atomic E-state index is 0.0890. The first-order valence-corrected chi connectivity index (χ1v) is 6.88. The SMILES string of the molecule is CCOc1c(C)ccc(C)c1C(=O)N1CCNCC1. The van der Waals surface area contributed by atoms with Crippen LogP contribution in [-0.2, 0) is 0 Å². The van der Waals surface area contributed by atoms with Crippen molar-refractivity contribution >= 4 is 5.91 Å². The zero-order valence-electron chi connectivity index (χ0n) is 12.0. The first-order chi connectivity index (χ1) is 9.15. The van der Waals surface area contributed by atoms with Crippen LogP contribution in [0.25, 0.3) is 0 Å². The second-order valence-corrected chi connectivity index (χ2v) is 4.88. The van der Waals surface area contributed by atoms with E-state index < -0.39 is 0 Å². The fourth-order valence-corrected chi connectivity index (χ4v) is 2.41. The summed E-state index contributed by atoms with van der Waals surface area (Å²) in [6.45, 7) is 9.72. The summed E-state index contributed by atoms with van der Waals surface area (Å²) in [5, 5.41) is 3.26. The average molecular weight is 262 g/mol. The van der Waals surface area contributed by atoms with E-state index >= 15 is 0 Å². The molecule has 0 aromatic heterocycles. The molecular formula is C15H22N2O2. The molecule has 2 rings (SSSR count). The summed E-state index contributed by atoms with van der Waals surface area (Å²) in [7, 11) is 0. The first kappa shape index (κ1) is 13.9. The van der Waals surface area contributed by atoms with E-state index in [1.807, 2.05) is 37.8 Å². The molecule has 0 saturated carbocycles. The molecule has 104 valence electrons. The fourth-order valence-electron chi connectivity index (χ4n) is 2.41. The molecule has 1 N–H and O–H groups in total. The van der Waals surface area contributed by atoms with Crippen molar-refractivity contribution < 1.29 is 9.53 Å². The molecule has 0 spiro atoms. The van der Waals surface area contributed by atoms with Gasteiger partial charge in [-0.1, -0.05) is 12.1 Å². The van der Waals surface area contributed by atoms with Gasteiger partial charge in [0.15, 0.2) is 0 Å². The number of ether oxygens (including phenoxy) is 1. The van der Waals surface area contributed by atoms with E-state index in [-0.39, 0.29) is 5.91 Å². The van der Waals surface area contributed by atoms with Crippen LogP contribution in [0.1, 0.15) is 28.4 Å². The van der Waals surface area contributed by atoms with Crippen molar-refractivity contribution in [3.05, 3.63) is 28.8 Å². The van der Waals surface area contributed by atoms with E-state index in [2.05, 4.69) is 5.32 Å². The predicted molar refractivity (Wildman–Crippen MR) is 75.9 cm³/mol. The number of nitrogens with zero attached hydrogens (tertiary/aromatic N) is 1. The van der Waals surface area contributed by atoms with Gasteiger partial charge in [-0.25, -0.2) is 0 Å². The number of hydrogen-bond donors (Lipinski definition) is 1. The van der Waals surface area contributed by atoms with Gasteiger partial charge in [-0.2, -0.15) is 0 Å². The number of piperazine rings is 1. The number of benzene rings is 1. The number of rotatable bonds is 3. The van der Waals surface area contributed by atoms with Crippen molar-refractivity contribution in [1.29, 1.82) is 0 Å². The minimum Gasteiger partial charge on any atom is -0.493 e. The van der Waals surface area contributed by atoms with Gasteiger partial charge in [0, 0.05) is 26.2 Å². The summed E-state index contributed by atoms with van der Waals surface area (Å²) in [6, 6.07) is 4.00. The van der Waals surface area contributed by atoms with Gasteiger partial charge in [-0.05, 0) is 31.9 Å². The standard InChI is InChI=1S/C15H22N2O2/c1-4-19-14-12(3)6-5-11(2)13(14)15(18)17-9-7-16-8-10-17/h5-6,16H,4,7-10H2,1-3H3. The van der Waals surface area contributed by atoms with Gasteiger partial charge in [-0.3, -0.25) is 4.79 Å². The molecule has 1 aliphatic heterocycles. The van der Waals surface area contributed by atoms with Gasteiger partial charge in [0.1, 0.15) is 5.75 Å². The summed E-state index contributed by atoms with van der Waals surface area (Å²) >= 11 is 0. The molecule has 1 aromatic rings. The molecule has 0 aliphatic carbocycles. The zero-order chi connectivity index (χ0) is 13.8. The van der Waals surface area contributed by atoms with Crippen molar-refractivity contribution in [3.8, 4) is 5.75 Å². The molecule has 0 bridgehead atoms. The van der Waals surface area contributed by atoms with Crippen LogP contribution in [0.4, 0.5) is 0 Å². The van der Waals surface area contributed by atoms with Crippen LogP contribution in [0.2, 0.25) is 0 Å². The van der Waals surface area contributed by atoms with Crippen molar-refractivity contribution in [2.75, 3.05) is 32.8 Å². The Bertz CT molecular complexity index is 465. The topological polar surface area (TPSA) is 41.6 Å². The van der Waals surface area contributed by atoms with Gasteiger partial charge in [-0.15, -0.1) is 0 Å². The van der Waals surface area contributed by atoms with Crippen LogP contribution in [0.15, 0.2) is 12.1 Å². The van der Waals surface area contributed by atoms with E-state index in [1.54, 1.807) is 0 Å². The number of amides is 1. The highest BCUT2D eigenvalue weighted by molar-refractivity contribution is 5.99. The van der Waals surface area contributed by atoms with Gasteiger partial charge in [0.05, 0.1) is 12.2 Å². The maximum atomic E-state index is 12.7. The fraction of sp³-hybridized carbons (Fsp3) is 0.533. The van der Waals surface area contributed by atoms with Crippen LogP contribution < -0.4 is 10.1 Å². The Morgan fingerprint density at radius 2 is 1.89 bits per heavy atom. The summed E-state index contributed by atoms with van der Waals surface area (Å²) in [4.78, 5) is 14.6. The largest absolute Gasteiger partial charge is 0.493 e. The van der Waals surface area contributed by atoms with Crippen LogP contribution >= 0.6 is 0 Å². The zero-order valence-corrected chi connectivity index (χ0v) is 12.0. The van der Waals surface area contributed by atoms with E-state index in [4.69, 9.17) is 4.74 Å². The molecule has 19 heavy (non-hydrogen) atoms. The molecule has 0 radical (unpaired) electrons. The molecule has 1 aliphatic rings. The third kappa shape index (κ3) is 2.89. The average Bonchev–Trinajstić information content (AvgIpc) is 2.44. The Hall–Kier alpha value is -1.55. The predicted octanol–water partition coefficient (Wildman–Crippen LogP) is 1.75. The lowest BCUT2D eigenvalue weighted by molar-refractivity contribution is 0.0730. The van der Waals surface area contributed by atoms with Crippen LogP contribution in [-0.4, -0.2) is 43.6 Å². The summed E-state index contributed by atoms with van der Waals surface area (Å²) < 4.78 is 5.70. The van der Waals surface area contributed by atoms with Crippen molar-refractivity contribution in [3.63, 3.8) is 0 Å². The molecule has 1 heterocycles. The highest BCUT2D eigenvalue weighted by Crippen LogP contribution is 2.28. The number of nitrogens with one attached hydrogen (secondary N) is 1. The Labute approximate surface area is 114 Å². The Morgan fingerprint density at radius 3 is 2.53 bits per heavy atom. The van der Waals surface area contributed by atoms with Crippen LogP contribution in [0, 0.1) is 13.8 Å². The summed E-state index contributed by atoms with van der Waals surface area (Å²) in [5.41, 5.74) is 2.73. The molecular weight excluding hydrogens is 240 g/mol. The number of carbonyl (C=O) groups is 1. The van der Waals surface area contributed by atoms with Crippen LogP contribution in [0.3, 0.4) is 0 Å². The smallest absolute Gasteiger partial charge is 0.257 e. The van der Waals surface area contributed by atoms with E-state index in [9.17, 15) is 4.79 Å². The summed E-state index contributed by atoms with van der Waals surface area (Å²) in [6.07, 6.45) is 0. The lowest BCUT2D eigenvalue weighted by Gasteiger charge is -2.29. The van der Waals surface area contributed by atoms with Gasteiger partial charge in [0.25, 0.3) is 5.91 Å². The lowest BCUT2D eigenvalue weighted by Crippen LogP contribution is -2.46. The van der Waals surface area contributed by atoms with Gasteiger partial charge in [0.2, 0.25) is 0 Å².